The molecular weight excluding hydrogens is 238 g/mol. The second-order valence-corrected chi connectivity index (χ2v) is 6.51. The van der Waals surface area contributed by atoms with Gasteiger partial charge in [0.1, 0.15) is 9.84 Å². The molecule has 0 aliphatic heterocycles. The van der Waals surface area contributed by atoms with Crippen molar-refractivity contribution >= 4 is 21.4 Å². The van der Waals surface area contributed by atoms with Gasteiger partial charge in [-0.15, -0.1) is 0 Å². The third-order valence-electron chi connectivity index (χ3n) is 2.36. The van der Waals surface area contributed by atoms with Gasteiger partial charge in [-0.2, -0.15) is 0 Å². The van der Waals surface area contributed by atoms with Crippen LogP contribution in [0.2, 0.25) is 0 Å². The summed E-state index contributed by atoms with van der Waals surface area (Å²) in [5.74, 6) is -0.397. The number of nitrogens with one attached hydrogen (secondary N) is 1. The van der Waals surface area contributed by atoms with Gasteiger partial charge in [-0.3, -0.25) is 4.79 Å². The summed E-state index contributed by atoms with van der Waals surface area (Å²) in [6.07, 6.45) is 1.11. The molecule has 0 spiro atoms. The summed E-state index contributed by atoms with van der Waals surface area (Å²) in [5.41, 5.74) is 2.82. The Kier molecular flexibility index (Phi) is 4.28. The molecule has 17 heavy (non-hydrogen) atoms. The van der Waals surface area contributed by atoms with E-state index in [1.165, 1.54) is 0 Å². The molecule has 0 fully saturated rings. The molecule has 1 aromatic rings. The van der Waals surface area contributed by atoms with Crippen LogP contribution >= 0.6 is 0 Å². The number of benzene rings is 1. The van der Waals surface area contributed by atoms with Crippen molar-refractivity contribution in [3.05, 3.63) is 29.3 Å². The molecular formula is C12H17NO3S. The van der Waals surface area contributed by atoms with E-state index in [1.807, 2.05) is 32.0 Å². The number of rotatable bonds is 4. The normalized spacial score (nSPS) is 11.2. The van der Waals surface area contributed by atoms with Crippen LogP contribution in [-0.2, 0) is 14.6 Å². The van der Waals surface area contributed by atoms with Crippen LogP contribution in [0.1, 0.15) is 17.5 Å². The van der Waals surface area contributed by atoms with Gasteiger partial charge in [-0.25, -0.2) is 8.42 Å². The monoisotopic (exact) mass is 255 g/mol. The Hall–Kier alpha value is -1.36. The van der Waals surface area contributed by atoms with E-state index in [4.69, 9.17) is 0 Å². The van der Waals surface area contributed by atoms with Crippen molar-refractivity contribution in [1.82, 2.24) is 0 Å². The molecule has 0 radical (unpaired) electrons. The molecule has 0 unspecified atom stereocenters. The Morgan fingerprint density at radius 2 is 1.94 bits per heavy atom. The molecule has 5 heteroatoms. The first-order valence-corrected chi connectivity index (χ1v) is 7.39. The van der Waals surface area contributed by atoms with Crippen LogP contribution in [0.25, 0.3) is 0 Å². The molecule has 94 valence electrons. The maximum absolute atomic E-state index is 11.5. The number of aryl methyl sites for hydroxylation is 2. The molecule has 0 saturated carbocycles. The van der Waals surface area contributed by atoms with Gasteiger partial charge in [-0.1, -0.05) is 17.7 Å². The average Bonchev–Trinajstić information content (AvgIpc) is 2.18. The summed E-state index contributed by atoms with van der Waals surface area (Å²) in [5, 5.41) is 2.71. The minimum atomic E-state index is -3.09. The fraction of sp³-hybridized carbons (Fsp3) is 0.417. The number of carbonyl (C=O) groups is 1. The third-order valence-corrected chi connectivity index (χ3v) is 3.30. The number of hydrogen-bond acceptors (Lipinski definition) is 3. The van der Waals surface area contributed by atoms with E-state index in [0.29, 0.717) is 0 Å². The largest absolute Gasteiger partial charge is 0.326 e. The Bertz CT molecular complexity index is 521. The topological polar surface area (TPSA) is 63.2 Å². The first-order valence-electron chi connectivity index (χ1n) is 5.33. The summed E-state index contributed by atoms with van der Waals surface area (Å²) in [7, 11) is -3.09. The standard InChI is InChI=1S/C12H17NO3S/c1-9-4-5-11(10(2)8-9)13-12(14)6-7-17(3,15)16/h4-5,8H,6-7H2,1-3H3,(H,13,14). The van der Waals surface area contributed by atoms with E-state index in [-0.39, 0.29) is 18.1 Å². The number of anilines is 1. The fourth-order valence-corrected chi connectivity index (χ4v) is 2.00. The second-order valence-electron chi connectivity index (χ2n) is 4.25. The Morgan fingerprint density at radius 3 is 2.47 bits per heavy atom. The lowest BCUT2D eigenvalue weighted by Gasteiger charge is -2.08. The predicted octanol–water partition coefficient (Wildman–Crippen LogP) is 1.68. The third kappa shape index (κ3) is 4.99. The van der Waals surface area contributed by atoms with Gasteiger partial charge < -0.3 is 5.32 Å². The highest BCUT2D eigenvalue weighted by Gasteiger charge is 2.09. The van der Waals surface area contributed by atoms with Crippen LogP contribution in [-0.4, -0.2) is 26.3 Å². The maximum Gasteiger partial charge on any atom is 0.225 e. The highest BCUT2D eigenvalue weighted by Crippen LogP contribution is 2.16. The van der Waals surface area contributed by atoms with Gasteiger partial charge in [0, 0.05) is 18.4 Å². The van der Waals surface area contributed by atoms with E-state index in [2.05, 4.69) is 5.32 Å². The van der Waals surface area contributed by atoms with Crippen molar-refractivity contribution in [2.75, 3.05) is 17.3 Å². The van der Waals surface area contributed by atoms with E-state index < -0.39 is 9.84 Å². The Labute approximate surface area is 102 Å². The van der Waals surface area contributed by atoms with Gasteiger partial charge >= 0.3 is 0 Å². The first-order chi connectivity index (χ1) is 7.78. The van der Waals surface area contributed by atoms with Gasteiger partial charge in [0.15, 0.2) is 0 Å². The van der Waals surface area contributed by atoms with Crippen LogP contribution in [0, 0.1) is 13.8 Å². The van der Waals surface area contributed by atoms with Crippen LogP contribution < -0.4 is 5.32 Å². The first kappa shape index (κ1) is 13.7. The zero-order valence-electron chi connectivity index (χ0n) is 10.3. The molecule has 1 amide bonds. The molecule has 0 saturated heterocycles. The predicted molar refractivity (Wildman–Crippen MR) is 68.9 cm³/mol. The average molecular weight is 255 g/mol. The second kappa shape index (κ2) is 5.31. The summed E-state index contributed by atoms with van der Waals surface area (Å²) in [6.45, 7) is 3.88. The number of hydrogen-bond donors (Lipinski definition) is 1. The van der Waals surface area contributed by atoms with Crippen LogP contribution in [0.4, 0.5) is 5.69 Å². The molecule has 0 aromatic heterocycles. The zero-order chi connectivity index (χ0) is 13.1. The van der Waals surface area contributed by atoms with Crippen molar-refractivity contribution in [2.24, 2.45) is 0 Å². The van der Waals surface area contributed by atoms with Crippen LogP contribution in [0.3, 0.4) is 0 Å². The minimum absolute atomic E-state index is 0.00779. The molecule has 0 atom stereocenters. The highest BCUT2D eigenvalue weighted by molar-refractivity contribution is 7.90. The smallest absolute Gasteiger partial charge is 0.225 e. The quantitative estimate of drug-likeness (QED) is 0.890. The van der Waals surface area contributed by atoms with E-state index in [0.717, 1.165) is 23.1 Å². The summed E-state index contributed by atoms with van der Waals surface area (Å²) < 4.78 is 21.8. The number of carbonyl (C=O) groups excluding carboxylic acids is 1. The minimum Gasteiger partial charge on any atom is -0.326 e. The van der Waals surface area contributed by atoms with Gasteiger partial charge in [0.25, 0.3) is 0 Å². The molecule has 0 heterocycles. The number of amides is 1. The van der Waals surface area contributed by atoms with Crippen LogP contribution in [0.15, 0.2) is 18.2 Å². The van der Waals surface area contributed by atoms with Crippen molar-refractivity contribution in [1.29, 1.82) is 0 Å². The molecule has 0 aliphatic rings. The highest BCUT2D eigenvalue weighted by atomic mass is 32.2. The summed E-state index contributed by atoms with van der Waals surface area (Å²) in [4.78, 5) is 11.5. The van der Waals surface area contributed by atoms with E-state index >= 15 is 0 Å². The molecule has 4 nitrogen and oxygen atoms in total. The molecule has 0 aliphatic carbocycles. The molecule has 1 rings (SSSR count). The SMILES string of the molecule is Cc1ccc(NC(=O)CCS(C)(=O)=O)c(C)c1. The summed E-state index contributed by atoms with van der Waals surface area (Å²) in [6, 6.07) is 5.69. The van der Waals surface area contributed by atoms with Crippen molar-refractivity contribution in [3.8, 4) is 0 Å². The summed E-state index contributed by atoms with van der Waals surface area (Å²) >= 11 is 0. The van der Waals surface area contributed by atoms with Gasteiger partial charge in [0.2, 0.25) is 5.91 Å². The molecule has 1 aromatic carbocycles. The lowest BCUT2D eigenvalue weighted by Crippen LogP contribution is -2.17. The molecule has 1 N–H and O–H groups in total. The maximum atomic E-state index is 11.5. The lowest BCUT2D eigenvalue weighted by molar-refractivity contribution is -0.115. The van der Waals surface area contributed by atoms with Crippen molar-refractivity contribution < 1.29 is 13.2 Å². The van der Waals surface area contributed by atoms with Crippen LogP contribution in [0.5, 0.6) is 0 Å². The van der Waals surface area contributed by atoms with Crippen molar-refractivity contribution in [3.63, 3.8) is 0 Å². The number of sulfone groups is 1. The van der Waals surface area contributed by atoms with Gasteiger partial charge in [-0.05, 0) is 25.5 Å². The molecule has 0 bridgehead atoms. The van der Waals surface area contributed by atoms with E-state index in [1.54, 1.807) is 0 Å². The van der Waals surface area contributed by atoms with Gasteiger partial charge in [0.05, 0.1) is 5.75 Å². The lowest BCUT2D eigenvalue weighted by atomic mass is 10.1. The Balaban J connectivity index is 2.62. The van der Waals surface area contributed by atoms with E-state index in [9.17, 15) is 13.2 Å². The van der Waals surface area contributed by atoms with Crippen molar-refractivity contribution in [2.45, 2.75) is 20.3 Å². The zero-order valence-corrected chi connectivity index (χ0v) is 11.1. The fourth-order valence-electron chi connectivity index (χ4n) is 1.44. The Morgan fingerprint density at radius 1 is 1.29 bits per heavy atom.